The third kappa shape index (κ3) is 2.35. The first-order valence-corrected chi connectivity index (χ1v) is 7.72. The van der Waals surface area contributed by atoms with E-state index in [-0.39, 0.29) is 0 Å². The Balaban J connectivity index is 1.99. The molecule has 5 nitrogen and oxygen atoms in total. The van der Waals surface area contributed by atoms with Gasteiger partial charge in [-0.2, -0.15) is 0 Å². The number of hydrogen-bond acceptors (Lipinski definition) is 5. The number of aryl methyl sites for hydroxylation is 1. The number of carboxylic acid groups (broad SMARTS) is 1. The van der Waals surface area contributed by atoms with Crippen molar-refractivity contribution in [1.82, 2.24) is 9.97 Å². The lowest BCUT2D eigenvalue weighted by atomic mass is 9.95. The van der Waals surface area contributed by atoms with Crippen molar-refractivity contribution in [2.24, 2.45) is 0 Å². The Morgan fingerprint density at radius 2 is 2.10 bits per heavy atom. The van der Waals surface area contributed by atoms with Gasteiger partial charge in [0.1, 0.15) is 21.9 Å². The third-order valence-corrected chi connectivity index (χ3v) is 5.05. The molecule has 0 amide bonds. The van der Waals surface area contributed by atoms with Gasteiger partial charge in [0.25, 0.3) is 0 Å². The molecule has 0 aromatic carbocycles. The van der Waals surface area contributed by atoms with Crippen LogP contribution in [0.3, 0.4) is 0 Å². The van der Waals surface area contributed by atoms with Gasteiger partial charge in [-0.25, -0.2) is 14.8 Å². The first-order chi connectivity index (χ1) is 9.66. The molecular formula is C14H17N3O2S. The molecule has 0 atom stereocenters. The summed E-state index contributed by atoms with van der Waals surface area (Å²) in [5.41, 5.74) is 0.761. The highest BCUT2D eigenvalue weighted by atomic mass is 32.1. The fourth-order valence-corrected chi connectivity index (χ4v) is 3.81. The lowest BCUT2D eigenvalue weighted by molar-refractivity contribution is 0.0701. The minimum absolute atomic E-state index is 0.354. The van der Waals surface area contributed by atoms with Crippen molar-refractivity contribution in [3.63, 3.8) is 0 Å². The number of fused-ring (bicyclic) bond motifs is 1. The topological polar surface area (TPSA) is 75.1 Å². The quantitative estimate of drug-likeness (QED) is 0.906. The van der Waals surface area contributed by atoms with Crippen LogP contribution in [-0.4, -0.2) is 27.1 Å². The predicted molar refractivity (Wildman–Crippen MR) is 79.6 cm³/mol. The summed E-state index contributed by atoms with van der Waals surface area (Å²) in [6.07, 6.45) is 7.61. The van der Waals surface area contributed by atoms with Gasteiger partial charge in [-0.1, -0.05) is 19.3 Å². The molecule has 20 heavy (non-hydrogen) atoms. The molecule has 2 heterocycles. The SMILES string of the molecule is Cc1c(C(=O)O)sc2ncnc(NC3CCCCC3)c12. The van der Waals surface area contributed by atoms with Gasteiger partial charge in [-0.15, -0.1) is 11.3 Å². The Hall–Kier alpha value is -1.69. The van der Waals surface area contributed by atoms with E-state index in [2.05, 4.69) is 15.3 Å². The van der Waals surface area contributed by atoms with E-state index in [9.17, 15) is 9.90 Å². The second-order valence-electron chi connectivity index (χ2n) is 5.24. The van der Waals surface area contributed by atoms with Gasteiger partial charge >= 0.3 is 5.97 Å². The molecule has 1 fully saturated rings. The molecule has 0 spiro atoms. The number of hydrogen-bond donors (Lipinski definition) is 2. The monoisotopic (exact) mass is 291 g/mol. The maximum Gasteiger partial charge on any atom is 0.346 e. The van der Waals surface area contributed by atoms with Crippen LogP contribution in [0.15, 0.2) is 6.33 Å². The van der Waals surface area contributed by atoms with E-state index < -0.39 is 5.97 Å². The first-order valence-electron chi connectivity index (χ1n) is 6.90. The standard InChI is InChI=1S/C14H17N3O2S/c1-8-10-12(17-9-5-3-2-4-6-9)15-7-16-13(10)20-11(8)14(18)19/h7,9H,2-6H2,1H3,(H,18,19)(H,15,16,17). The highest BCUT2D eigenvalue weighted by molar-refractivity contribution is 7.20. The average Bonchev–Trinajstić information content (AvgIpc) is 2.79. The summed E-state index contributed by atoms with van der Waals surface area (Å²) >= 11 is 1.22. The summed E-state index contributed by atoms with van der Waals surface area (Å²) in [6.45, 7) is 1.83. The van der Waals surface area contributed by atoms with Crippen molar-refractivity contribution in [3.05, 3.63) is 16.8 Å². The second kappa shape index (κ2) is 5.36. The van der Waals surface area contributed by atoms with Crippen molar-refractivity contribution in [1.29, 1.82) is 0 Å². The number of nitrogens with one attached hydrogen (secondary N) is 1. The van der Waals surface area contributed by atoms with Crippen LogP contribution in [-0.2, 0) is 0 Å². The first kappa shape index (κ1) is 13.3. The van der Waals surface area contributed by atoms with Crippen LogP contribution >= 0.6 is 11.3 Å². The molecule has 2 aromatic heterocycles. The van der Waals surface area contributed by atoms with Gasteiger partial charge in [0.15, 0.2) is 0 Å². The molecule has 1 saturated carbocycles. The summed E-state index contributed by atoms with van der Waals surface area (Å²) in [6, 6.07) is 0.439. The van der Waals surface area contributed by atoms with Crippen molar-refractivity contribution in [3.8, 4) is 0 Å². The van der Waals surface area contributed by atoms with Crippen LogP contribution in [0.4, 0.5) is 5.82 Å². The van der Waals surface area contributed by atoms with Gasteiger partial charge in [0.05, 0.1) is 5.39 Å². The van der Waals surface area contributed by atoms with Gasteiger partial charge in [-0.05, 0) is 25.3 Å². The van der Waals surface area contributed by atoms with E-state index in [1.165, 1.54) is 36.9 Å². The zero-order valence-corrected chi connectivity index (χ0v) is 12.2. The number of thiophene rings is 1. The van der Waals surface area contributed by atoms with E-state index in [0.29, 0.717) is 10.9 Å². The number of anilines is 1. The van der Waals surface area contributed by atoms with Crippen LogP contribution in [0.1, 0.15) is 47.3 Å². The largest absolute Gasteiger partial charge is 0.477 e. The Bertz CT molecular complexity index is 647. The van der Waals surface area contributed by atoms with E-state index >= 15 is 0 Å². The molecule has 106 valence electrons. The molecule has 1 aliphatic rings. The number of aromatic nitrogens is 2. The van der Waals surface area contributed by atoms with Gasteiger partial charge in [0, 0.05) is 6.04 Å². The highest BCUT2D eigenvalue weighted by Gasteiger charge is 2.20. The normalized spacial score (nSPS) is 16.4. The van der Waals surface area contributed by atoms with Gasteiger partial charge < -0.3 is 10.4 Å². The summed E-state index contributed by atoms with van der Waals surface area (Å²) in [4.78, 5) is 20.9. The zero-order valence-electron chi connectivity index (χ0n) is 11.3. The van der Waals surface area contributed by atoms with E-state index in [4.69, 9.17) is 0 Å². The molecule has 2 N–H and O–H groups in total. The molecule has 0 unspecified atom stereocenters. The average molecular weight is 291 g/mol. The molecule has 1 aliphatic carbocycles. The molecule has 0 saturated heterocycles. The summed E-state index contributed by atoms with van der Waals surface area (Å²) < 4.78 is 0. The summed E-state index contributed by atoms with van der Waals surface area (Å²) in [5.74, 6) is -0.114. The Kier molecular flexibility index (Phi) is 3.56. The molecule has 0 aliphatic heterocycles. The lowest BCUT2D eigenvalue weighted by Gasteiger charge is -2.23. The van der Waals surface area contributed by atoms with Crippen molar-refractivity contribution in [2.45, 2.75) is 45.1 Å². The summed E-state index contributed by atoms with van der Waals surface area (Å²) in [7, 11) is 0. The van der Waals surface area contributed by atoms with Gasteiger partial charge in [0.2, 0.25) is 0 Å². The Labute approximate surface area is 121 Å². The Morgan fingerprint density at radius 1 is 1.35 bits per heavy atom. The van der Waals surface area contributed by atoms with E-state index in [0.717, 1.165) is 34.4 Å². The minimum Gasteiger partial charge on any atom is -0.477 e. The van der Waals surface area contributed by atoms with Gasteiger partial charge in [-0.3, -0.25) is 0 Å². The molecule has 3 rings (SSSR count). The van der Waals surface area contributed by atoms with E-state index in [1.54, 1.807) is 0 Å². The van der Waals surface area contributed by atoms with Crippen LogP contribution in [0, 0.1) is 6.92 Å². The summed E-state index contributed by atoms with van der Waals surface area (Å²) in [5, 5.41) is 13.6. The zero-order chi connectivity index (χ0) is 14.1. The van der Waals surface area contributed by atoms with Crippen LogP contribution in [0.2, 0.25) is 0 Å². The maximum atomic E-state index is 11.2. The van der Waals surface area contributed by atoms with E-state index in [1.807, 2.05) is 6.92 Å². The molecule has 0 bridgehead atoms. The smallest absolute Gasteiger partial charge is 0.346 e. The molecule has 2 aromatic rings. The van der Waals surface area contributed by atoms with Crippen molar-refractivity contribution >= 4 is 33.3 Å². The third-order valence-electron chi connectivity index (χ3n) is 3.87. The molecular weight excluding hydrogens is 274 g/mol. The highest BCUT2D eigenvalue weighted by Crippen LogP contribution is 2.34. The number of carboxylic acids is 1. The van der Waals surface area contributed by atoms with Crippen molar-refractivity contribution in [2.75, 3.05) is 5.32 Å². The van der Waals surface area contributed by atoms with Crippen LogP contribution in [0.25, 0.3) is 10.2 Å². The number of aromatic carboxylic acids is 1. The fourth-order valence-electron chi connectivity index (χ4n) is 2.83. The fraction of sp³-hybridized carbons (Fsp3) is 0.500. The maximum absolute atomic E-state index is 11.2. The van der Waals surface area contributed by atoms with Crippen LogP contribution < -0.4 is 5.32 Å². The minimum atomic E-state index is -0.894. The van der Waals surface area contributed by atoms with Crippen LogP contribution in [0.5, 0.6) is 0 Å². The number of nitrogens with zero attached hydrogens (tertiary/aromatic N) is 2. The molecule has 0 radical (unpaired) electrons. The lowest BCUT2D eigenvalue weighted by Crippen LogP contribution is -2.23. The number of carbonyl (C=O) groups is 1. The van der Waals surface area contributed by atoms with Crippen molar-refractivity contribution < 1.29 is 9.90 Å². The molecule has 6 heteroatoms. The predicted octanol–water partition coefficient (Wildman–Crippen LogP) is 3.44. The second-order valence-corrected chi connectivity index (χ2v) is 6.24. The Morgan fingerprint density at radius 3 is 2.80 bits per heavy atom. The number of rotatable bonds is 3.